The predicted octanol–water partition coefficient (Wildman–Crippen LogP) is 2.48. The number of hydrogen-bond donors (Lipinski definition) is 2. The molecule has 0 spiro atoms. The van der Waals surface area contributed by atoms with Gasteiger partial charge in [-0.2, -0.15) is 0 Å². The molecular weight excluding hydrogens is 259 g/mol. The number of benzene rings is 1. The topological polar surface area (TPSA) is 41.1 Å². The van der Waals surface area contributed by atoms with Gasteiger partial charge in [-0.05, 0) is 37.6 Å². The van der Waals surface area contributed by atoms with Gasteiger partial charge in [0.2, 0.25) is 0 Å². The van der Waals surface area contributed by atoms with E-state index in [9.17, 15) is 4.79 Å². The maximum atomic E-state index is 12.0. The lowest BCUT2D eigenvalue weighted by Gasteiger charge is -2.23. The highest BCUT2D eigenvalue weighted by atomic mass is 35.5. The molecule has 1 amide bonds. The van der Waals surface area contributed by atoms with Gasteiger partial charge in [0.05, 0.1) is 0 Å². The number of carbonyl (C=O) groups excluding carboxylic acids is 1. The summed E-state index contributed by atoms with van der Waals surface area (Å²) in [6.07, 6.45) is 2.09. The van der Waals surface area contributed by atoms with Crippen molar-refractivity contribution in [1.82, 2.24) is 10.6 Å². The molecule has 17 heavy (non-hydrogen) atoms. The Hall–Kier alpha value is -0.770. The average Bonchev–Trinajstić information content (AvgIpc) is 2.29. The van der Waals surface area contributed by atoms with Crippen molar-refractivity contribution in [3.05, 3.63) is 33.8 Å². The van der Waals surface area contributed by atoms with Crippen molar-refractivity contribution in [3.63, 3.8) is 0 Å². The largest absolute Gasteiger partial charge is 0.348 e. The fourth-order valence-electron chi connectivity index (χ4n) is 1.93. The van der Waals surface area contributed by atoms with Crippen LogP contribution in [0.2, 0.25) is 10.0 Å². The van der Waals surface area contributed by atoms with Gasteiger partial charge in [-0.25, -0.2) is 0 Å². The Morgan fingerprint density at radius 1 is 1.29 bits per heavy atom. The first kappa shape index (κ1) is 12.7. The molecule has 0 saturated carbocycles. The van der Waals surface area contributed by atoms with Crippen LogP contribution in [0.15, 0.2) is 18.2 Å². The van der Waals surface area contributed by atoms with Gasteiger partial charge in [0.1, 0.15) is 0 Å². The average molecular weight is 273 g/mol. The van der Waals surface area contributed by atoms with Crippen LogP contribution in [0.25, 0.3) is 0 Å². The second-order valence-corrected chi connectivity index (χ2v) is 5.05. The Balaban J connectivity index is 2.03. The summed E-state index contributed by atoms with van der Waals surface area (Å²) < 4.78 is 0. The number of carbonyl (C=O) groups is 1. The van der Waals surface area contributed by atoms with Crippen LogP contribution in [0.1, 0.15) is 23.2 Å². The van der Waals surface area contributed by atoms with E-state index in [-0.39, 0.29) is 11.9 Å². The van der Waals surface area contributed by atoms with Crippen molar-refractivity contribution in [2.45, 2.75) is 18.9 Å². The third kappa shape index (κ3) is 3.60. The quantitative estimate of drug-likeness (QED) is 0.869. The van der Waals surface area contributed by atoms with Crippen LogP contribution in [0.4, 0.5) is 0 Å². The Labute approximate surface area is 110 Å². The summed E-state index contributed by atoms with van der Waals surface area (Å²) in [4.78, 5) is 12.0. The molecule has 92 valence electrons. The minimum Gasteiger partial charge on any atom is -0.348 e. The van der Waals surface area contributed by atoms with Crippen LogP contribution < -0.4 is 10.6 Å². The van der Waals surface area contributed by atoms with Gasteiger partial charge < -0.3 is 10.6 Å². The van der Waals surface area contributed by atoms with E-state index in [0.717, 1.165) is 25.9 Å². The maximum absolute atomic E-state index is 12.0. The molecule has 1 aromatic carbocycles. The lowest BCUT2D eigenvalue weighted by Crippen LogP contribution is -2.45. The van der Waals surface area contributed by atoms with Gasteiger partial charge in [0.15, 0.2) is 0 Å². The molecule has 1 aliphatic heterocycles. The number of nitrogens with one attached hydrogen (secondary N) is 2. The first-order chi connectivity index (χ1) is 8.15. The SMILES string of the molecule is O=C(N[C@H]1CCCNC1)c1cc(Cl)cc(Cl)c1. The molecule has 0 aliphatic carbocycles. The van der Waals surface area contributed by atoms with Crippen molar-refractivity contribution >= 4 is 29.1 Å². The molecule has 1 fully saturated rings. The van der Waals surface area contributed by atoms with Crippen molar-refractivity contribution in [1.29, 1.82) is 0 Å². The Morgan fingerprint density at radius 3 is 2.59 bits per heavy atom. The molecule has 1 atom stereocenters. The molecule has 1 aliphatic rings. The van der Waals surface area contributed by atoms with E-state index in [1.165, 1.54) is 0 Å². The normalized spacial score (nSPS) is 20.0. The van der Waals surface area contributed by atoms with Gasteiger partial charge in [-0.15, -0.1) is 0 Å². The van der Waals surface area contributed by atoms with Gasteiger partial charge in [-0.3, -0.25) is 4.79 Å². The number of halogens is 2. The Bertz CT molecular complexity index is 397. The van der Waals surface area contributed by atoms with E-state index >= 15 is 0 Å². The van der Waals surface area contributed by atoms with Crippen LogP contribution >= 0.6 is 23.2 Å². The van der Waals surface area contributed by atoms with Crippen LogP contribution in [0, 0.1) is 0 Å². The van der Waals surface area contributed by atoms with E-state index in [2.05, 4.69) is 10.6 Å². The monoisotopic (exact) mass is 272 g/mol. The van der Waals surface area contributed by atoms with E-state index in [1.807, 2.05) is 0 Å². The predicted molar refractivity (Wildman–Crippen MR) is 69.8 cm³/mol. The highest BCUT2D eigenvalue weighted by molar-refractivity contribution is 6.35. The molecule has 0 aromatic heterocycles. The van der Waals surface area contributed by atoms with Crippen LogP contribution in [0.5, 0.6) is 0 Å². The second kappa shape index (κ2) is 5.71. The molecule has 2 rings (SSSR count). The highest BCUT2D eigenvalue weighted by Crippen LogP contribution is 2.19. The molecule has 1 heterocycles. The number of piperidine rings is 1. The smallest absolute Gasteiger partial charge is 0.251 e. The standard InChI is InChI=1S/C12H14Cl2N2O/c13-9-4-8(5-10(14)6-9)12(17)16-11-2-1-3-15-7-11/h4-6,11,15H,1-3,7H2,(H,16,17)/t11-/m0/s1. The Kier molecular flexibility index (Phi) is 4.26. The summed E-state index contributed by atoms with van der Waals surface area (Å²) in [7, 11) is 0. The van der Waals surface area contributed by atoms with Crippen molar-refractivity contribution in [2.75, 3.05) is 13.1 Å². The summed E-state index contributed by atoms with van der Waals surface area (Å²) in [5.41, 5.74) is 0.507. The number of hydrogen-bond acceptors (Lipinski definition) is 2. The minimum atomic E-state index is -0.122. The third-order valence-electron chi connectivity index (χ3n) is 2.76. The van der Waals surface area contributed by atoms with E-state index < -0.39 is 0 Å². The molecule has 0 bridgehead atoms. The maximum Gasteiger partial charge on any atom is 0.251 e. The van der Waals surface area contributed by atoms with Crippen molar-refractivity contribution < 1.29 is 4.79 Å². The van der Waals surface area contributed by atoms with Gasteiger partial charge in [0, 0.05) is 28.2 Å². The highest BCUT2D eigenvalue weighted by Gasteiger charge is 2.16. The molecule has 2 N–H and O–H groups in total. The summed E-state index contributed by atoms with van der Waals surface area (Å²) in [6, 6.07) is 5.05. The molecule has 3 nitrogen and oxygen atoms in total. The van der Waals surface area contributed by atoms with Crippen molar-refractivity contribution in [3.8, 4) is 0 Å². The van der Waals surface area contributed by atoms with Crippen LogP contribution in [0.3, 0.4) is 0 Å². The fraction of sp³-hybridized carbons (Fsp3) is 0.417. The minimum absolute atomic E-state index is 0.122. The summed E-state index contributed by atoms with van der Waals surface area (Å²) in [5.74, 6) is -0.122. The lowest BCUT2D eigenvalue weighted by atomic mass is 10.1. The van der Waals surface area contributed by atoms with Crippen molar-refractivity contribution in [2.24, 2.45) is 0 Å². The number of amides is 1. The Morgan fingerprint density at radius 2 is 2.00 bits per heavy atom. The molecule has 0 radical (unpaired) electrons. The van der Waals surface area contributed by atoms with E-state index in [4.69, 9.17) is 23.2 Å². The summed E-state index contributed by atoms with van der Waals surface area (Å²) >= 11 is 11.7. The summed E-state index contributed by atoms with van der Waals surface area (Å²) in [6.45, 7) is 1.84. The molecule has 1 saturated heterocycles. The lowest BCUT2D eigenvalue weighted by molar-refractivity contribution is 0.0930. The van der Waals surface area contributed by atoms with Gasteiger partial charge in [-0.1, -0.05) is 23.2 Å². The van der Waals surface area contributed by atoms with Crippen LogP contribution in [-0.4, -0.2) is 25.0 Å². The van der Waals surface area contributed by atoms with E-state index in [1.54, 1.807) is 18.2 Å². The molecule has 0 unspecified atom stereocenters. The molecular formula is C12H14Cl2N2O. The molecule has 1 aromatic rings. The first-order valence-corrected chi connectivity index (χ1v) is 6.38. The summed E-state index contributed by atoms with van der Waals surface area (Å²) in [5, 5.41) is 7.17. The van der Waals surface area contributed by atoms with Crippen LogP contribution in [-0.2, 0) is 0 Å². The zero-order valence-electron chi connectivity index (χ0n) is 9.30. The zero-order chi connectivity index (χ0) is 12.3. The molecule has 5 heteroatoms. The first-order valence-electron chi connectivity index (χ1n) is 5.63. The number of rotatable bonds is 2. The zero-order valence-corrected chi connectivity index (χ0v) is 10.8. The fourth-order valence-corrected chi connectivity index (χ4v) is 2.45. The van der Waals surface area contributed by atoms with E-state index in [0.29, 0.717) is 15.6 Å². The van der Waals surface area contributed by atoms with Gasteiger partial charge in [0.25, 0.3) is 5.91 Å². The van der Waals surface area contributed by atoms with Gasteiger partial charge >= 0.3 is 0 Å². The third-order valence-corrected chi connectivity index (χ3v) is 3.19. The second-order valence-electron chi connectivity index (χ2n) is 4.17.